The van der Waals surface area contributed by atoms with Crippen LogP contribution in [-0.2, 0) is 30.2 Å². The van der Waals surface area contributed by atoms with E-state index in [1.165, 1.54) is 6.33 Å². The van der Waals surface area contributed by atoms with Crippen LogP contribution in [0.3, 0.4) is 0 Å². The zero-order chi connectivity index (χ0) is 23.4. The summed E-state index contributed by atoms with van der Waals surface area (Å²) in [6, 6.07) is -1.46. The molecule has 0 fully saturated rings. The molecule has 0 aliphatic carbocycles. The summed E-state index contributed by atoms with van der Waals surface area (Å²) in [6.45, 7) is 10.4. The second-order valence-electron chi connectivity index (χ2n) is 8.92. The predicted molar refractivity (Wildman–Crippen MR) is 117 cm³/mol. The summed E-state index contributed by atoms with van der Waals surface area (Å²) < 4.78 is 25.1. The molecule has 2 heterocycles. The predicted octanol–water partition coefficient (Wildman–Crippen LogP) is 4.33. The minimum Gasteiger partial charge on any atom is -0.384 e. The fraction of sp³-hybridized carbons (Fsp3) is 0.550. The third-order valence-electron chi connectivity index (χ3n) is 3.99. The van der Waals surface area contributed by atoms with Crippen LogP contribution < -0.4 is 0 Å². The van der Waals surface area contributed by atoms with Crippen LogP contribution in [0.5, 0.6) is 0 Å². The highest BCUT2D eigenvalue weighted by Crippen LogP contribution is 2.34. The SMILES string of the molecule is CC(C)(C)C(=O)OC(OC(=O)C(C)(C)C)[P+](=O)CC=CCn1cnc2c(Cl)ncnc21. The molecule has 0 saturated heterocycles. The average Bonchev–Trinajstić information content (AvgIpc) is 3.07. The van der Waals surface area contributed by atoms with E-state index < -0.39 is 36.6 Å². The minimum atomic E-state index is -2.21. The molecule has 1 atom stereocenters. The summed E-state index contributed by atoms with van der Waals surface area (Å²) in [7, 11) is -2.21. The molecule has 2 aromatic rings. The first-order valence-electron chi connectivity index (χ1n) is 9.63. The van der Waals surface area contributed by atoms with Crippen LogP contribution in [0.4, 0.5) is 0 Å². The number of rotatable bonds is 7. The van der Waals surface area contributed by atoms with Gasteiger partial charge in [-0.3, -0.25) is 9.59 Å². The maximum Gasteiger partial charge on any atom is 0.451 e. The Morgan fingerprint density at radius 2 is 1.65 bits per heavy atom. The Balaban J connectivity index is 2.06. The van der Waals surface area contributed by atoms with Gasteiger partial charge in [0.25, 0.3) is 0 Å². The van der Waals surface area contributed by atoms with Crippen molar-refractivity contribution < 1.29 is 23.6 Å². The molecule has 11 heteroatoms. The van der Waals surface area contributed by atoms with Gasteiger partial charge in [-0.2, -0.15) is 0 Å². The van der Waals surface area contributed by atoms with Crippen molar-refractivity contribution in [3.63, 3.8) is 0 Å². The number of carbonyl (C=O) groups is 2. The number of ether oxygens (including phenoxy) is 2. The lowest BCUT2D eigenvalue weighted by Gasteiger charge is -2.21. The maximum absolute atomic E-state index is 12.8. The molecule has 0 aliphatic rings. The molecule has 168 valence electrons. The monoisotopic (exact) mass is 469 g/mol. The average molecular weight is 470 g/mol. The van der Waals surface area contributed by atoms with E-state index in [4.69, 9.17) is 21.1 Å². The topological polar surface area (TPSA) is 113 Å². The molecule has 0 saturated carbocycles. The summed E-state index contributed by atoms with van der Waals surface area (Å²) in [4.78, 5) is 36.7. The Kier molecular flexibility index (Phi) is 7.89. The molecule has 0 spiro atoms. The molecule has 1 unspecified atom stereocenters. The van der Waals surface area contributed by atoms with E-state index in [2.05, 4.69) is 15.0 Å². The Hall–Kier alpha value is -2.38. The molecular formula is C20H27ClN4O5P+. The van der Waals surface area contributed by atoms with Crippen molar-refractivity contribution >= 4 is 42.5 Å². The molecule has 0 bridgehead atoms. The molecule has 0 N–H and O–H groups in total. The number of hydrogen-bond acceptors (Lipinski definition) is 8. The summed E-state index contributed by atoms with van der Waals surface area (Å²) in [5.74, 6) is -1.21. The van der Waals surface area contributed by atoms with Gasteiger partial charge < -0.3 is 14.0 Å². The lowest BCUT2D eigenvalue weighted by Crippen LogP contribution is -2.33. The van der Waals surface area contributed by atoms with Crippen LogP contribution in [0.2, 0.25) is 5.15 Å². The van der Waals surface area contributed by atoms with Gasteiger partial charge in [0.1, 0.15) is 11.8 Å². The van der Waals surface area contributed by atoms with Gasteiger partial charge in [-0.25, -0.2) is 15.0 Å². The van der Waals surface area contributed by atoms with Gasteiger partial charge >= 0.3 is 25.8 Å². The Morgan fingerprint density at radius 1 is 1.06 bits per heavy atom. The van der Waals surface area contributed by atoms with E-state index in [0.717, 1.165) is 0 Å². The van der Waals surface area contributed by atoms with Crippen molar-refractivity contribution in [3.05, 3.63) is 30.0 Å². The van der Waals surface area contributed by atoms with Gasteiger partial charge in [0.15, 0.2) is 17.0 Å². The van der Waals surface area contributed by atoms with Crippen LogP contribution in [0.1, 0.15) is 41.5 Å². The van der Waals surface area contributed by atoms with E-state index in [1.807, 2.05) is 0 Å². The largest absolute Gasteiger partial charge is 0.451 e. The first kappa shape index (κ1) is 24.9. The third kappa shape index (κ3) is 6.80. The van der Waals surface area contributed by atoms with Gasteiger partial charge in [-0.1, -0.05) is 22.2 Å². The number of aromatic nitrogens is 4. The van der Waals surface area contributed by atoms with Gasteiger partial charge in [0.2, 0.25) is 0 Å². The highest BCUT2D eigenvalue weighted by Gasteiger charge is 2.41. The summed E-state index contributed by atoms with van der Waals surface area (Å²) in [5.41, 5.74) is -0.592. The van der Waals surface area contributed by atoms with E-state index in [-0.39, 0.29) is 11.3 Å². The van der Waals surface area contributed by atoms with Crippen molar-refractivity contribution in [2.75, 3.05) is 6.16 Å². The maximum atomic E-state index is 12.8. The lowest BCUT2D eigenvalue weighted by atomic mass is 9.97. The smallest absolute Gasteiger partial charge is 0.384 e. The van der Waals surface area contributed by atoms with Crippen molar-refractivity contribution in [3.8, 4) is 0 Å². The van der Waals surface area contributed by atoms with Gasteiger partial charge in [0.05, 0.1) is 17.2 Å². The minimum absolute atomic E-state index is 0.0528. The third-order valence-corrected chi connectivity index (χ3v) is 5.51. The highest BCUT2D eigenvalue weighted by atomic mass is 35.5. The lowest BCUT2D eigenvalue weighted by molar-refractivity contribution is -0.184. The number of carbonyl (C=O) groups excluding carboxylic acids is 2. The van der Waals surface area contributed by atoms with Crippen LogP contribution >= 0.6 is 19.4 Å². The van der Waals surface area contributed by atoms with Gasteiger partial charge in [-0.05, 0) is 47.6 Å². The van der Waals surface area contributed by atoms with E-state index in [0.29, 0.717) is 17.7 Å². The Morgan fingerprint density at radius 3 is 2.19 bits per heavy atom. The molecule has 0 amide bonds. The van der Waals surface area contributed by atoms with E-state index in [1.54, 1.807) is 64.6 Å². The Labute approximate surface area is 187 Å². The van der Waals surface area contributed by atoms with Crippen molar-refractivity contribution in [2.24, 2.45) is 10.8 Å². The Bertz CT molecular complexity index is 979. The first-order chi connectivity index (χ1) is 14.3. The highest BCUT2D eigenvalue weighted by molar-refractivity contribution is 7.45. The normalized spacial score (nSPS) is 13.1. The van der Waals surface area contributed by atoms with Crippen molar-refractivity contribution in [1.29, 1.82) is 0 Å². The number of imidazole rings is 1. The quantitative estimate of drug-likeness (QED) is 0.193. The van der Waals surface area contributed by atoms with Gasteiger partial charge in [0, 0.05) is 6.54 Å². The van der Waals surface area contributed by atoms with Crippen LogP contribution in [0, 0.1) is 10.8 Å². The van der Waals surface area contributed by atoms with Crippen LogP contribution in [0.25, 0.3) is 11.2 Å². The molecule has 0 aromatic carbocycles. The molecule has 9 nitrogen and oxygen atoms in total. The summed E-state index contributed by atoms with van der Waals surface area (Å²) in [6.07, 6.45) is 6.40. The molecule has 0 radical (unpaired) electrons. The standard InChI is InChI=1S/C20H27ClN4O5P/c1-19(2,3)16(26)29-18(30-17(27)20(4,5)6)31(28)10-8-7-9-25-12-24-13-14(21)22-11-23-15(13)25/h7-8,11-12,18H,9-10H2,1-6H3/q+1. The number of hydrogen-bond donors (Lipinski definition) is 0. The van der Waals surface area contributed by atoms with Crippen LogP contribution in [0.15, 0.2) is 24.8 Å². The summed E-state index contributed by atoms with van der Waals surface area (Å²) >= 11 is 5.99. The molecular weight excluding hydrogens is 443 g/mol. The number of allylic oxidation sites excluding steroid dienone is 2. The zero-order valence-corrected chi connectivity index (χ0v) is 20.1. The molecule has 0 aliphatic heterocycles. The number of esters is 2. The molecule has 2 aromatic heterocycles. The number of fused-ring (bicyclic) bond motifs is 1. The van der Waals surface area contributed by atoms with Crippen molar-refractivity contribution in [1.82, 2.24) is 19.5 Å². The fourth-order valence-corrected chi connectivity index (χ4v) is 3.25. The second kappa shape index (κ2) is 9.83. The van der Waals surface area contributed by atoms with Crippen LogP contribution in [-0.4, -0.2) is 43.7 Å². The van der Waals surface area contributed by atoms with E-state index >= 15 is 0 Å². The van der Waals surface area contributed by atoms with Gasteiger partial charge in [-0.15, -0.1) is 0 Å². The number of nitrogens with zero attached hydrogens (tertiary/aromatic N) is 4. The molecule has 31 heavy (non-hydrogen) atoms. The summed E-state index contributed by atoms with van der Waals surface area (Å²) in [5, 5.41) is 0.264. The number of halogens is 1. The fourth-order valence-electron chi connectivity index (χ4n) is 2.12. The second-order valence-corrected chi connectivity index (χ2v) is 10.9. The molecule has 2 rings (SSSR count). The zero-order valence-electron chi connectivity index (χ0n) is 18.5. The van der Waals surface area contributed by atoms with E-state index in [9.17, 15) is 14.2 Å². The van der Waals surface area contributed by atoms with Crippen molar-refractivity contribution in [2.45, 2.75) is 54.1 Å². The first-order valence-corrected chi connectivity index (χ1v) is 11.5.